The van der Waals surface area contributed by atoms with Crippen LogP contribution in [0.1, 0.15) is 63.0 Å². The van der Waals surface area contributed by atoms with Crippen molar-refractivity contribution in [2.24, 2.45) is 23.2 Å². The summed E-state index contributed by atoms with van der Waals surface area (Å²) in [6.45, 7) is 5.26. The highest BCUT2D eigenvalue weighted by atomic mass is 16.5. The third-order valence-electron chi connectivity index (χ3n) is 10.8. The molecule has 6 aliphatic rings. The van der Waals surface area contributed by atoms with E-state index >= 15 is 0 Å². The molecule has 10 heteroatoms. The minimum Gasteiger partial charge on any atom is -0.493 e. The smallest absolute Gasteiger partial charge is 0.252 e. The average Bonchev–Trinajstić information content (AvgIpc) is 3.67. The zero-order valence-corrected chi connectivity index (χ0v) is 24.8. The lowest BCUT2D eigenvalue weighted by Crippen LogP contribution is -2.61. The highest BCUT2D eigenvalue weighted by Crippen LogP contribution is 2.61. The SMILES string of the molecule is COc1cc(CO)cc2c1OC1C2C(C(=O)NCCO)=CC(N(CC2CCC3CC2C3(C)C)C(=O)C2CCCO2)C1O. The van der Waals surface area contributed by atoms with Crippen LogP contribution in [0.3, 0.4) is 0 Å². The number of aliphatic hydroxyl groups is 3. The van der Waals surface area contributed by atoms with Gasteiger partial charge in [-0.2, -0.15) is 0 Å². The molecule has 1 aromatic carbocycles. The molecule has 8 atom stereocenters. The fourth-order valence-electron chi connectivity index (χ4n) is 8.37. The second kappa shape index (κ2) is 11.4. The third kappa shape index (κ3) is 4.80. The molecule has 230 valence electrons. The topological polar surface area (TPSA) is 138 Å². The van der Waals surface area contributed by atoms with Gasteiger partial charge in [-0.15, -0.1) is 0 Å². The molecule has 42 heavy (non-hydrogen) atoms. The summed E-state index contributed by atoms with van der Waals surface area (Å²) in [5.74, 6) is 1.11. The molecule has 3 saturated carbocycles. The molecule has 4 aliphatic carbocycles. The van der Waals surface area contributed by atoms with Crippen molar-refractivity contribution in [1.29, 1.82) is 0 Å². The Kier molecular flexibility index (Phi) is 8.02. The lowest BCUT2D eigenvalue weighted by Gasteiger charge is -2.61. The Morgan fingerprint density at radius 2 is 2.00 bits per heavy atom. The monoisotopic (exact) mass is 584 g/mol. The maximum atomic E-state index is 14.1. The van der Waals surface area contributed by atoms with Gasteiger partial charge in [0, 0.05) is 30.8 Å². The minimum absolute atomic E-state index is 0.0626. The molecule has 0 radical (unpaired) electrons. The number of methoxy groups -OCH3 is 1. The van der Waals surface area contributed by atoms with Crippen molar-refractivity contribution in [3.05, 3.63) is 34.9 Å². The van der Waals surface area contributed by atoms with Crippen LogP contribution < -0.4 is 14.8 Å². The number of rotatable bonds is 9. The summed E-state index contributed by atoms with van der Waals surface area (Å²) in [6, 6.07) is 2.64. The lowest BCUT2D eigenvalue weighted by molar-refractivity contribution is -0.154. The maximum Gasteiger partial charge on any atom is 0.252 e. The van der Waals surface area contributed by atoms with Gasteiger partial charge in [0.2, 0.25) is 5.91 Å². The van der Waals surface area contributed by atoms with Gasteiger partial charge in [0.05, 0.1) is 32.3 Å². The predicted molar refractivity (Wildman–Crippen MR) is 153 cm³/mol. The summed E-state index contributed by atoms with van der Waals surface area (Å²) >= 11 is 0. The summed E-state index contributed by atoms with van der Waals surface area (Å²) in [5.41, 5.74) is 1.81. The first kappa shape index (κ1) is 29.4. The molecule has 4 fully saturated rings. The van der Waals surface area contributed by atoms with E-state index in [1.54, 1.807) is 23.1 Å². The fourth-order valence-corrected chi connectivity index (χ4v) is 8.37. The number of carbonyl (C=O) groups excluding carboxylic acids is 2. The Labute approximate surface area is 247 Å². The van der Waals surface area contributed by atoms with Crippen LogP contribution in [0.4, 0.5) is 0 Å². The number of fused-ring (bicyclic) bond motifs is 5. The van der Waals surface area contributed by atoms with Gasteiger partial charge in [-0.05, 0) is 79.0 Å². The largest absolute Gasteiger partial charge is 0.493 e. The van der Waals surface area contributed by atoms with Crippen LogP contribution >= 0.6 is 0 Å². The van der Waals surface area contributed by atoms with E-state index in [0.717, 1.165) is 25.7 Å². The van der Waals surface area contributed by atoms with E-state index in [1.807, 2.05) is 0 Å². The highest BCUT2D eigenvalue weighted by Gasteiger charge is 2.56. The van der Waals surface area contributed by atoms with Gasteiger partial charge < -0.3 is 39.7 Å². The molecule has 0 aromatic heterocycles. The van der Waals surface area contributed by atoms with Crippen LogP contribution in [-0.4, -0.2) is 89.8 Å². The van der Waals surface area contributed by atoms with Gasteiger partial charge in [0.15, 0.2) is 11.5 Å². The van der Waals surface area contributed by atoms with Gasteiger partial charge in [0.25, 0.3) is 5.91 Å². The van der Waals surface area contributed by atoms with E-state index in [0.29, 0.717) is 59.6 Å². The molecule has 8 unspecified atom stereocenters. The molecule has 4 N–H and O–H groups in total. The number of carbonyl (C=O) groups is 2. The van der Waals surface area contributed by atoms with Crippen LogP contribution in [-0.2, 0) is 20.9 Å². The quantitative estimate of drug-likeness (QED) is 0.345. The second-order valence-electron chi connectivity index (χ2n) is 13.2. The number of hydrogen-bond donors (Lipinski definition) is 4. The molecule has 7 rings (SSSR count). The van der Waals surface area contributed by atoms with Crippen LogP contribution in [0.15, 0.2) is 23.8 Å². The van der Waals surface area contributed by atoms with E-state index in [9.17, 15) is 24.9 Å². The average molecular weight is 585 g/mol. The summed E-state index contributed by atoms with van der Waals surface area (Å²) in [7, 11) is 1.50. The van der Waals surface area contributed by atoms with E-state index < -0.39 is 36.2 Å². The number of nitrogens with zero attached hydrogens (tertiary/aromatic N) is 1. The minimum atomic E-state index is -1.13. The number of amides is 2. The molecule has 2 heterocycles. The zero-order chi connectivity index (χ0) is 29.8. The van der Waals surface area contributed by atoms with E-state index in [1.165, 1.54) is 7.11 Å². The molecule has 1 aromatic rings. The number of benzene rings is 1. The molecule has 1 saturated heterocycles. The lowest BCUT2D eigenvalue weighted by atomic mass is 9.45. The van der Waals surface area contributed by atoms with Crippen molar-refractivity contribution in [2.45, 2.75) is 82.8 Å². The van der Waals surface area contributed by atoms with Crippen LogP contribution in [0, 0.1) is 23.2 Å². The summed E-state index contributed by atoms with van der Waals surface area (Å²) in [5, 5.41) is 34.1. The second-order valence-corrected chi connectivity index (χ2v) is 13.2. The predicted octanol–water partition coefficient (Wildman–Crippen LogP) is 1.89. The number of nitrogens with one attached hydrogen (secondary N) is 1. The number of ether oxygens (including phenoxy) is 3. The normalized spacial score (nSPS) is 33.9. The Morgan fingerprint density at radius 1 is 1.19 bits per heavy atom. The van der Waals surface area contributed by atoms with Crippen molar-refractivity contribution in [1.82, 2.24) is 10.2 Å². The standard InChI is InChI=1S/C32H44N2O8/c1-32(2)19-7-6-18(22(32)13-19)15-34(31(39)24-5-4-10-41-24)23-14-21(30(38)33-8-9-35)26-20-11-17(16-36)12-25(40-3)28(20)42-29(26)27(23)37/h11-12,14,18-19,22-24,26-27,29,35-37H,4-10,13,15-16H2,1-3H3,(H,33,38). The molecule has 2 bridgehead atoms. The van der Waals surface area contributed by atoms with Crippen molar-refractivity contribution in [3.63, 3.8) is 0 Å². The molecule has 2 amide bonds. The van der Waals surface area contributed by atoms with Gasteiger partial charge in [0.1, 0.15) is 18.3 Å². The highest BCUT2D eigenvalue weighted by molar-refractivity contribution is 5.96. The summed E-state index contributed by atoms with van der Waals surface area (Å²) in [4.78, 5) is 29.5. The Hall–Kier alpha value is -2.66. The van der Waals surface area contributed by atoms with Crippen molar-refractivity contribution < 1.29 is 39.1 Å². The first-order valence-electron chi connectivity index (χ1n) is 15.4. The van der Waals surface area contributed by atoms with E-state index in [-0.39, 0.29) is 37.0 Å². The van der Waals surface area contributed by atoms with Crippen LogP contribution in [0.2, 0.25) is 0 Å². The van der Waals surface area contributed by atoms with E-state index in [2.05, 4.69) is 19.2 Å². The molecule has 0 spiro atoms. The van der Waals surface area contributed by atoms with Gasteiger partial charge in [-0.25, -0.2) is 0 Å². The van der Waals surface area contributed by atoms with Crippen molar-refractivity contribution >= 4 is 11.8 Å². The fraction of sp³-hybridized carbons (Fsp3) is 0.688. The zero-order valence-electron chi connectivity index (χ0n) is 24.8. The van der Waals surface area contributed by atoms with Gasteiger partial charge in [-0.1, -0.05) is 13.8 Å². The maximum absolute atomic E-state index is 14.1. The van der Waals surface area contributed by atoms with Crippen molar-refractivity contribution in [3.8, 4) is 11.5 Å². The Bertz CT molecular complexity index is 1240. The summed E-state index contributed by atoms with van der Waals surface area (Å²) in [6.07, 6.45) is 3.91. The van der Waals surface area contributed by atoms with Gasteiger partial charge >= 0.3 is 0 Å². The molecule has 2 aliphatic heterocycles. The Balaban J connectivity index is 1.40. The van der Waals surface area contributed by atoms with Crippen molar-refractivity contribution in [2.75, 3.05) is 33.4 Å². The third-order valence-corrected chi connectivity index (χ3v) is 10.8. The Morgan fingerprint density at radius 3 is 2.64 bits per heavy atom. The van der Waals surface area contributed by atoms with Crippen LogP contribution in [0.25, 0.3) is 0 Å². The number of hydrogen-bond acceptors (Lipinski definition) is 8. The molecular formula is C32H44N2O8. The van der Waals surface area contributed by atoms with Crippen LogP contribution in [0.5, 0.6) is 11.5 Å². The molecular weight excluding hydrogens is 540 g/mol. The van der Waals surface area contributed by atoms with Gasteiger partial charge in [-0.3, -0.25) is 9.59 Å². The first-order valence-corrected chi connectivity index (χ1v) is 15.4. The number of aliphatic hydroxyl groups excluding tert-OH is 3. The summed E-state index contributed by atoms with van der Waals surface area (Å²) < 4.78 is 17.8. The first-order chi connectivity index (χ1) is 20.2. The van der Waals surface area contributed by atoms with E-state index in [4.69, 9.17) is 14.2 Å². The molecule has 10 nitrogen and oxygen atoms in total.